The van der Waals surface area contributed by atoms with Gasteiger partial charge >= 0.3 is 0 Å². The first kappa shape index (κ1) is 12.9. The molecule has 0 saturated carbocycles. The van der Waals surface area contributed by atoms with Gasteiger partial charge in [-0.15, -0.1) is 0 Å². The summed E-state index contributed by atoms with van der Waals surface area (Å²) in [5, 5.41) is 8.53. The van der Waals surface area contributed by atoms with Crippen LogP contribution in [-0.4, -0.2) is 37.4 Å². The molecule has 0 aliphatic carbocycles. The van der Waals surface area contributed by atoms with Crippen molar-refractivity contribution in [3.63, 3.8) is 0 Å². The molecule has 0 amide bonds. The average Bonchev–Trinajstić information content (AvgIpc) is 2.17. The highest BCUT2D eigenvalue weighted by molar-refractivity contribution is 7.92. The standard InChI is InChI=1S/C11H14O4S/c1-9-2-4-10(5-3-9)11(13)8-16(14,15)7-6-12/h2-5,12H,6-8H2,1H3. The van der Waals surface area contributed by atoms with Crippen molar-refractivity contribution < 1.29 is 18.3 Å². The number of benzene rings is 1. The highest BCUT2D eigenvalue weighted by Gasteiger charge is 2.17. The summed E-state index contributed by atoms with van der Waals surface area (Å²) in [7, 11) is -3.49. The summed E-state index contributed by atoms with van der Waals surface area (Å²) in [5.74, 6) is -1.35. The second kappa shape index (κ2) is 5.23. The number of Topliss-reactive ketones (excluding diaryl/α,β-unsaturated/α-hetero) is 1. The monoisotopic (exact) mass is 242 g/mol. The Morgan fingerprint density at radius 1 is 1.25 bits per heavy atom. The number of hydrogen-bond acceptors (Lipinski definition) is 4. The maximum Gasteiger partial charge on any atom is 0.177 e. The molecular formula is C11H14O4S. The van der Waals surface area contributed by atoms with Gasteiger partial charge in [-0.2, -0.15) is 0 Å². The van der Waals surface area contributed by atoms with Crippen LogP contribution in [0.2, 0.25) is 0 Å². The molecule has 0 bridgehead atoms. The zero-order chi connectivity index (χ0) is 12.2. The van der Waals surface area contributed by atoms with Gasteiger partial charge in [0, 0.05) is 5.56 Å². The van der Waals surface area contributed by atoms with Crippen molar-refractivity contribution in [1.29, 1.82) is 0 Å². The van der Waals surface area contributed by atoms with Gasteiger partial charge in [-0.3, -0.25) is 4.79 Å². The van der Waals surface area contributed by atoms with E-state index in [1.165, 1.54) is 0 Å². The second-order valence-electron chi connectivity index (χ2n) is 3.60. The highest BCUT2D eigenvalue weighted by Crippen LogP contribution is 2.06. The molecule has 0 aromatic heterocycles. The predicted octanol–water partition coefficient (Wildman–Crippen LogP) is 0.585. The van der Waals surface area contributed by atoms with Gasteiger partial charge in [0.15, 0.2) is 15.6 Å². The molecule has 0 heterocycles. The molecule has 0 atom stereocenters. The Morgan fingerprint density at radius 2 is 1.81 bits per heavy atom. The van der Waals surface area contributed by atoms with Crippen molar-refractivity contribution in [3.8, 4) is 0 Å². The molecule has 0 aliphatic rings. The number of aliphatic hydroxyl groups is 1. The normalized spacial score (nSPS) is 11.4. The minimum Gasteiger partial charge on any atom is -0.395 e. The lowest BCUT2D eigenvalue weighted by atomic mass is 10.1. The molecule has 0 aliphatic heterocycles. The molecule has 4 nitrogen and oxygen atoms in total. The van der Waals surface area contributed by atoms with Crippen LogP contribution in [0.5, 0.6) is 0 Å². The highest BCUT2D eigenvalue weighted by atomic mass is 32.2. The lowest BCUT2D eigenvalue weighted by molar-refractivity contribution is 0.102. The average molecular weight is 242 g/mol. The van der Waals surface area contributed by atoms with Crippen LogP contribution in [0.15, 0.2) is 24.3 Å². The maximum absolute atomic E-state index is 11.6. The predicted molar refractivity (Wildman–Crippen MR) is 61.2 cm³/mol. The van der Waals surface area contributed by atoms with Crippen LogP contribution in [-0.2, 0) is 9.84 Å². The van der Waals surface area contributed by atoms with E-state index < -0.39 is 28.0 Å². The van der Waals surface area contributed by atoms with Crippen LogP contribution in [0, 0.1) is 6.92 Å². The SMILES string of the molecule is Cc1ccc(C(=O)CS(=O)(=O)CCO)cc1. The van der Waals surface area contributed by atoms with E-state index in [0.29, 0.717) is 5.56 Å². The lowest BCUT2D eigenvalue weighted by Crippen LogP contribution is -2.20. The van der Waals surface area contributed by atoms with Gasteiger partial charge in [0.05, 0.1) is 12.4 Å². The zero-order valence-electron chi connectivity index (χ0n) is 9.01. The van der Waals surface area contributed by atoms with Crippen LogP contribution in [0.1, 0.15) is 15.9 Å². The van der Waals surface area contributed by atoms with Crippen molar-refractivity contribution in [1.82, 2.24) is 0 Å². The minimum atomic E-state index is -3.49. The summed E-state index contributed by atoms with van der Waals surface area (Å²) in [6, 6.07) is 6.72. The summed E-state index contributed by atoms with van der Waals surface area (Å²) in [6.45, 7) is 1.43. The minimum absolute atomic E-state index is 0.370. The van der Waals surface area contributed by atoms with Crippen molar-refractivity contribution in [3.05, 3.63) is 35.4 Å². The van der Waals surface area contributed by atoms with Crippen LogP contribution in [0.3, 0.4) is 0 Å². The first-order valence-electron chi connectivity index (χ1n) is 4.86. The third-order valence-corrected chi connectivity index (χ3v) is 3.63. The molecule has 0 saturated heterocycles. The Kier molecular flexibility index (Phi) is 4.20. The molecule has 1 aromatic carbocycles. The quantitative estimate of drug-likeness (QED) is 0.767. The van der Waals surface area contributed by atoms with Gasteiger partial charge in [0.2, 0.25) is 0 Å². The summed E-state index contributed by atoms with van der Waals surface area (Å²) in [6.07, 6.45) is 0. The Labute approximate surface area is 94.8 Å². The fourth-order valence-electron chi connectivity index (χ4n) is 1.23. The molecule has 5 heteroatoms. The fraction of sp³-hybridized carbons (Fsp3) is 0.364. The molecule has 16 heavy (non-hydrogen) atoms. The third-order valence-electron chi connectivity index (χ3n) is 2.13. The molecule has 0 spiro atoms. The van der Waals surface area contributed by atoms with Gasteiger partial charge in [-0.25, -0.2) is 8.42 Å². The van der Waals surface area contributed by atoms with Crippen LogP contribution in [0.4, 0.5) is 0 Å². The smallest absolute Gasteiger partial charge is 0.177 e. The zero-order valence-corrected chi connectivity index (χ0v) is 9.83. The van der Waals surface area contributed by atoms with Crippen LogP contribution >= 0.6 is 0 Å². The largest absolute Gasteiger partial charge is 0.395 e. The summed E-state index contributed by atoms with van der Waals surface area (Å²) in [4.78, 5) is 11.6. The molecule has 1 aromatic rings. The Bertz CT molecular complexity index is 459. The second-order valence-corrected chi connectivity index (χ2v) is 5.79. The molecule has 1 rings (SSSR count). The van der Waals surface area contributed by atoms with Crippen molar-refractivity contribution >= 4 is 15.6 Å². The molecule has 0 radical (unpaired) electrons. The van der Waals surface area contributed by atoms with Crippen molar-refractivity contribution in [2.75, 3.05) is 18.1 Å². The lowest BCUT2D eigenvalue weighted by Gasteiger charge is -2.02. The Morgan fingerprint density at radius 3 is 2.31 bits per heavy atom. The molecule has 1 N–H and O–H groups in total. The van der Waals surface area contributed by atoms with Gasteiger partial charge in [-0.1, -0.05) is 29.8 Å². The topological polar surface area (TPSA) is 71.4 Å². The van der Waals surface area contributed by atoms with Gasteiger partial charge in [0.25, 0.3) is 0 Å². The van der Waals surface area contributed by atoms with Gasteiger partial charge in [0.1, 0.15) is 5.75 Å². The van der Waals surface area contributed by atoms with E-state index in [1.54, 1.807) is 24.3 Å². The van der Waals surface area contributed by atoms with E-state index in [2.05, 4.69) is 0 Å². The van der Waals surface area contributed by atoms with Crippen LogP contribution < -0.4 is 0 Å². The summed E-state index contributed by atoms with van der Waals surface area (Å²) in [5.41, 5.74) is 1.39. The first-order chi connectivity index (χ1) is 7.44. The Hall–Kier alpha value is -1.20. The number of rotatable bonds is 5. The van der Waals surface area contributed by atoms with Gasteiger partial charge < -0.3 is 5.11 Å². The summed E-state index contributed by atoms with van der Waals surface area (Å²) >= 11 is 0. The fourth-order valence-corrected chi connectivity index (χ4v) is 2.22. The maximum atomic E-state index is 11.6. The van der Waals surface area contributed by atoms with E-state index in [0.717, 1.165) is 5.56 Å². The number of sulfone groups is 1. The number of carbonyl (C=O) groups is 1. The first-order valence-corrected chi connectivity index (χ1v) is 6.68. The number of hydrogen-bond donors (Lipinski definition) is 1. The van der Waals surface area contributed by atoms with Crippen molar-refractivity contribution in [2.24, 2.45) is 0 Å². The number of ketones is 1. The number of aryl methyl sites for hydroxylation is 1. The molecule has 0 fully saturated rings. The van der Waals surface area contributed by atoms with Crippen LogP contribution in [0.25, 0.3) is 0 Å². The molecule has 88 valence electrons. The van der Waals surface area contributed by atoms with E-state index in [-0.39, 0.29) is 5.75 Å². The number of aliphatic hydroxyl groups excluding tert-OH is 1. The summed E-state index contributed by atoms with van der Waals surface area (Å²) < 4.78 is 22.6. The van der Waals surface area contributed by atoms with E-state index in [9.17, 15) is 13.2 Å². The molecule has 0 unspecified atom stereocenters. The van der Waals surface area contributed by atoms with Crippen molar-refractivity contribution in [2.45, 2.75) is 6.92 Å². The Balaban J connectivity index is 2.77. The number of carbonyl (C=O) groups excluding carboxylic acids is 1. The van der Waals surface area contributed by atoms with E-state index >= 15 is 0 Å². The van der Waals surface area contributed by atoms with E-state index in [4.69, 9.17) is 5.11 Å². The van der Waals surface area contributed by atoms with E-state index in [1.807, 2.05) is 6.92 Å². The third kappa shape index (κ3) is 3.75. The van der Waals surface area contributed by atoms with Gasteiger partial charge in [-0.05, 0) is 6.92 Å². The molecular weight excluding hydrogens is 228 g/mol.